The van der Waals surface area contributed by atoms with Crippen molar-refractivity contribution in [2.75, 3.05) is 13.6 Å². The fraction of sp³-hybridized carbons (Fsp3) is 1.00. The summed E-state index contributed by atoms with van der Waals surface area (Å²) < 4.78 is 9.56. The normalized spacial score (nSPS) is 11.4. The van der Waals surface area contributed by atoms with Crippen molar-refractivity contribution in [1.82, 2.24) is 0 Å². The van der Waals surface area contributed by atoms with Gasteiger partial charge in [-0.15, -0.1) is 0 Å². The lowest BCUT2D eigenvalue weighted by molar-refractivity contribution is 0.0556. The molecule has 0 amide bonds. The second-order valence-electron chi connectivity index (χ2n) is 1.90. The first-order chi connectivity index (χ1) is 4.72. The SMILES string of the molecule is CC(C)P(OCO)OCO. The quantitative estimate of drug-likeness (QED) is 0.467. The van der Waals surface area contributed by atoms with Gasteiger partial charge in [0.05, 0.1) is 0 Å². The molecule has 0 bridgehead atoms. The molecule has 0 spiro atoms. The van der Waals surface area contributed by atoms with Crippen LogP contribution in [-0.4, -0.2) is 29.5 Å². The predicted octanol–water partition coefficient (Wildman–Crippen LogP) is 0.639. The molecule has 2 N–H and O–H groups in total. The Hall–Kier alpha value is 0.270. The van der Waals surface area contributed by atoms with E-state index >= 15 is 0 Å². The lowest BCUT2D eigenvalue weighted by Crippen LogP contribution is -2.02. The molecule has 0 radical (unpaired) electrons. The van der Waals surface area contributed by atoms with E-state index in [1.54, 1.807) is 0 Å². The van der Waals surface area contributed by atoms with Crippen molar-refractivity contribution in [3.8, 4) is 0 Å². The zero-order chi connectivity index (χ0) is 7.98. The standard InChI is InChI=1S/C5H13O4P/c1-5(2)10(8-3-6)9-4-7/h5-7H,3-4H2,1-2H3. The van der Waals surface area contributed by atoms with E-state index in [1.807, 2.05) is 13.8 Å². The molecule has 0 rings (SSSR count). The molecule has 0 aromatic carbocycles. The largest absolute Gasteiger partial charge is 0.370 e. The van der Waals surface area contributed by atoms with Crippen molar-refractivity contribution in [2.24, 2.45) is 0 Å². The van der Waals surface area contributed by atoms with Crippen LogP contribution >= 0.6 is 8.38 Å². The molecule has 0 saturated heterocycles. The summed E-state index contributed by atoms with van der Waals surface area (Å²) in [6.07, 6.45) is 0. The maximum absolute atomic E-state index is 8.34. The maximum atomic E-state index is 8.34. The number of aliphatic hydroxyl groups is 2. The van der Waals surface area contributed by atoms with Crippen LogP contribution in [0, 0.1) is 0 Å². The second-order valence-corrected chi connectivity index (χ2v) is 4.02. The first-order valence-electron chi connectivity index (χ1n) is 2.99. The molecule has 0 heterocycles. The fourth-order valence-corrected chi connectivity index (χ4v) is 1.35. The van der Waals surface area contributed by atoms with Gasteiger partial charge in [0.15, 0.2) is 8.38 Å². The zero-order valence-electron chi connectivity index (χ0n) is 6.15. The highest BCUT2D eigenvalue weighted by Crippen LogP contribution is 2.42. The van der Waals surface area contributed by atoms with Gasteiger partial charge in [-0.2, -0.15) is 0 Å². The van der Waals surface area contributed by atoms with E-state index in [-0.39, 0.29) is 19.2 Å². The van der Waals surface area contributed by atoms with Gasteiger partial charge in [0.2, 0.25) is 0 Å². The van der Waals surface area contributed by atoms with Crippen molar-refractivity contribution in [3.63, 3.8) is 0 Å². The van der Waals surface area contributed by atoms with Crippen molar-refractivity contribution >= 4 is 8.38 Å². The van der Waals surface area contributed by atoms with Crippen LogP contribution in [0.3, 0.4) is 0 Å². The van der Waals surface area contributed by atoms with Gasteiger partial charge >= 0.3 is 0 Å². The average molecular weight is 168 g/mol. The number of rotatable bonds is 5. The molecule has 0 aliphatic carbocycles. The van der Waals surface area contributed by atoms with Crippen molar-refractivity contribution in [1.29, 1.82) is 0 Å². The Morgan fingerprint density at radius 2 is 1.60 bits per heavy atom. The van der Waals surface area contributed by atoms with Gasteiger partial charge in [-0.05, 0) is 0 Å². The summed E-state index contributed by atoms with van der Waals surface area (Å²) in [5.74, 6) is 0. The molecule has 0 aromatic rings. The second kappa shape index (κ2) is 6.01. The van der Waals surface area contributed by atoms with E-state index in [1.165, 1.54) is 0 Å². The predicted molar refractivity (Wildman–Crippen MR) is 38.4 cm³/mol. The van der Waals surface area contributed by atoms with E-state index in [4.69, 9.17) is 19.3 Å². The molecule has 0 unspecified atom stereocenters. The van der Waals surface area contributed by atoms with Crippen LogP contribution in [0.2, 0.25) is 0 Å². The molecule has 5 heteroatoms. The summed E-state index contributed by atoms with van der Waals surface area (Å²) in [5.41, 5.74) is 0.189. The topological polar surface area (TPSA) is 58.9 Å². The van der Waals surface area contributed by atoms with Gasteiger partial charge in [-0.25, -0.2) is 0 Å². The van der Waals surface area contributed by atoms with Gasteiger partial charge in [-0.1, -0.05) is 13.8 Å². The Morgan fingerprint density at radius 1 is 1.20 bits per heavy atom. The molecule has 0 aromatic heterocycles. The molecule has 0 aliphatic rings. The van der Waals surface area contributed by atoms with E-state index < -0.39 is 8.38 Å². The number of aliphatic hydroxyl groups excluding tert-OH is 2. The third-order valence-corrected chi connectivity index (χ3v) is 2.37. The van der Waals surface area contributed by atoms with Gasteiger partial charge in [-0.3, -0.25) is 0 Å². The fourth-order valence-electron chi connectivity index (χ4n) is 0.449. The zero-order valence-corrected chi connectivity index (χ0v) is 7.04. The highest BCUT2D eigenvalue weighted by atomic mass is 31.2. The van der Waals surface area contributed by atoms with Crippen LogP contribution in [-0.2, 0) is 9.05 Å². The minimum absolute atomic E-state index is 0.189. The summed E-state index contributed by atoms with van der Waals surface area (Å²) in [6.45, 7) is 3.09. The van der Waals surface area contributed by atoms with Crippen molar-refractivity contribution in [3.05, 3.63) is 0 Å². The van der Waals surface area contributed by atoms with Gasteiger partial charge in [0.1, 0.15) is 13.6 Å². The Balaban J connectivity index is 3.50. The molecule has 0 saturated carbocycles. The molecular formula is C5H13O4P. The summed E-state index contributed by atoms with van der Waals surface area (Å²) in [6, 6.07) is 0. The minimum atomic E-state index is -1.12. The van der Waals surface area contributed by atoms with Crippen LogP contribution in [0.5, 0.6) is 0 Å². The van der Waals surface area contributed by atoms with Crippen LogP contribution in [0.4, 0.5) is 0 Å². The average Bonchev–Trinajstić information content (AvgIpc) is 1.87. The first-order valence-corrected chi connectivity index (χ1v) is 4.23. The summed E-state index contributed by atoms with van der Waals surface area (Å²) in [7, 11) is -1.12. The number of hydrogen-bond donors (Lipinski definition) is 2. The monoisotopic (exact) mass is 168 g/mol. The molecular weight excluding hydrogens is 155 g/mol. The van der Waals surface area contributed by atoms with E-state index in [9.17, 15) is 0 Å². The molecule has 0 aliphatic heterocycles. The molecule has 0 atom stereocenters. The van der Waals surface area contributed by atoms with Crippen LogP contribution in [0.15, 0.2) is 0 Å². The Kier molecular flexibility index (Phi) is 6.17. The first kappa shape index (κ1) is 10.3. The van der Waals surface area contributed by atoms with E-state index in [2.05, 4.69) is 0 Å². The Labute approximate surface area is 61.7 Å². The Morgan fingerprint density at radius 3 is 1.80 bits per heavy atom. The van der Waals surface area contributed by atoms with Gasteiger partial charge in [0.25, 0.3) is 0 Å². The van der Waals surface area contributed by atoms with Crippen molar-refractivity contribution < 1.29 is 19.3 Å². The molecule has 62 valence electrons. The van der Waals surface area contributed by atoms with Crippen LogP contribution in [0.1, 0.15) is 13.8 Å². The van der Waals surface area contributed by atoms with Gasteiger partial charge in [0, 0.05) is 5.66 Å². The maximum Gasteiger partial charge on any atom is 0.177 e. The van der Waals surface area contributed by atoms with Crippen LogP contribution < -0.4 is 0 Å². The minimum Gasteiger partial charge on any atom is -0.370 e. The summed E-state index contributed by atoms with van der Waals surface area (Å²) in [4.78, 5) is 0. The molecule has 10 heavy (non-hydrogen) atoms. The molecule has 4 nitrogen and oxygen atoms in total. The lowest BCUT2D eigenvalue weighted by Gasteiger charge is -2.17. The number of hydrogen-bond acceptors (Lipinski definition) is 4. The van der Waals surface area contributed by atoms with E-state index in [0.29, 0.717) is 0 Å². The smallest absolute Gasteiger partial charge is 0.177 e. The third kappa shape index (κ3) is 4.14. The highest BCUT2D eigenvalue weighted by Gasteiger charge is 2.13. The van der Waals surface area contributed by atoms with Crippen LogP contribution in [0.25, 0.3) is 0 Å². The summed E-state index contributed by atoms with van der Waals surface area (Å²) in [5, 5.41) is 16.7. The lowest BCUT2D eigenvalue weighted by atomic mass is 10.6. The van der Waals surface area contributed by atoms with Gasteiger partial charge < -0.3 is 19.3 Å². The third-order valence-electron chi connectivity index (χ3n) is 0.792. The molecule has 0 fully saturated rings. The summed E-state index contributed by atoms with van der Waals surface area (Å²) >= 11 is 0. The van der Waals surface area contributed by atoms with Crippen molar-refractivity contribution in [2.45, 2.75) is 19.5 Å². The van der Waals surface area contributed by atoms with E-state index in [0.717, 1.165) is 0 Å². The Bertz CT molecular complexity index is 72.0. The highest BCUT2D eigenvalue weighted by molar-refractivity contribution is 7.48.